The molecule has 0 aliphatic carbocycles. The van der Waals surface area contributed by atoms with Gasteiger partial charge < -0.3 is 5.32 Å². The number of aryl methyl sites for hydroxylation is 1. The van der Waals surface area contributed by atoms with E-state index >= 15 is 0 Å². The average molecular weight is 469 g/mol. The third-order valence-corrected chi connectivity index (χ3v) is 8.28. The molecule has 9 heteroatoms. The molecule has 1 aromatic heterocycles. The predicted octanol–water partition coefficient (Wildman–Crippen LogP) is 3.38. The van der Waals surface area contributed by atoms with Crippen LogP contribution in [0.2, 0.25) is 0 Å². The molecule has 0 unspecified atom stereocenters. The number of hydrogen-bond donors (Lipinski definition) is 1. The largest absolute Gasteiger partial charge is 0.326 e. The van der Waals surface area contributed by atoms with Gasteiger partial charge in [-0.25, -0.2) is 13.4 Å². The Bertz CT molecular complexity index is 1310. The summed E-state index contributed by atoms with van der Waals surface area (Å²) in [4.78, 5) is 29.4. The van der Waals surface area contributed by atoms with Gasteiger partial charge in [-0.1, -0.05) is 18.6 Å². The van der Waals surface area contributed by atoms with Gasteiger partial charge in [0.05, 0.1) is 22.1 Å². The predicted molar refractivity (Wildman–Crippen MR) is 127 cm³/mol. The summed E-state index contributed by atoms with van der Waals surface area (Å²) in [7, 11) is -3.60. The molecule has 2 heterocycles. The zero-order valence-electron chi connectivity index (χ0n) is 18.8. The summed E-state index contributed by atoms with van der Waals surface area (Å²) in [5.41, 5.74) is 0.929. The third kappa shape index (κ3) is 4.84. The number of nitrogens with one attached hydrogen (secondary N) is 1. The average Bonchev–Trinajstić information content (AvgIpc) is 2.79. The Morgan fingerprint density at radius 2 is 1.73 bits per heavy atom. The number of nitrogens with zero attached hydrogens (tertiary/aromatic N) is 3. The quantitative estimate of drug-likeness (QED) is 0.598. The molecule has 1 aliphatic rings. The van der Waals surface area contributed by atoms with E-state index in [1.807, 2.05) is 19.9 Å². The second-order valence-electron chi connectivity index (χ2n) is 8.55. The number of aromatic nitrogens is 2. The molecule has 1 saturated heterocycles. The van der Waals surface area contributed by atoms with E-state index in [1.54, 1.807) is 34.6 Å². The van der Waals surface area contributed by atoms with Gasteiger partial charge in [0.15, 0.2) is 0 Å². The van der Waals surface area contributed by atoms with Gasteiger partial charge in [-0.15, -0.1) is 0 Å². The monoisotopic (exact) mass is 468 g/mol. The number of para-hydroxylation sites is 1. The molecule has 0 spiro atoms. The van der Waals surface area contributed by atoms with Crippen LogP contribution in [-0.2, 0) is 21.4 Å². The topological polar surface area (TPSA) is 101 Å². The van der Waals surface area contributed by atoms with Crippen LogP contribution in [0, 0.1) is 0 Å². The highest BCUT2D eigenvalue weighted by Crippen LogP contribution is 2.30. The van der Waals surface area contributed by atoms with Crippen molar-refractivity contribution in [3.05, 3.63) is 65.2 Å². The fourth-order valence-corrected chi connectivity index (χ4v) is 6.30. The first-order valence-corrected chi connectivity index (χ1v) is 12.6. The van der Waals surface area contributed by atoms with Crippen molar-refractivity contribution in [2.75, 3.05) is 5.32 Å². The van der Waals surface area contributed by atoms with E-state index in [9.17, 15) is 18.0 Å². The van der Waals surface area contributed by atoms with E-state index in [4.69, 9.17) is 0 Å². The van der Waals surface area contributed by atoms with Crippen molar-refractivity contribution < 1.29 is 13.2 Å². The zero-order chi connectivity index (χ0) is 23.6. The van der Waals surface area contributed by atoms with Gasteiger partial charge in [0.2, 0.25) is 15.9 Å². The van der Waals surface area contributed by atoms with Gasteiger partial charge in [-0.2, -0.15) is 4.31 Å². The summed E-state index contributed by atoms with van der Waals surface area (Å²) in [5, 5.41) is 3.27. The Kier molecular flexibility index (Phi) is 6.62. The molecule has 1 amide bonds. The first-order valence-electron chi connectivity index (χ1n) is 11.1. The molecular formula is C24H28N4O4S. The van der Waals surface area contributed by atoms with Crippen LogP contribution >= 0.6 is 0 Å². The first kappa shape index (κ1) is 23.1. The van der Waals surface area contributed by atoms with Gasteiger partial charge in [0.25, 0.3) is 5.56 Å². The summed E-state index contributed by atoms with van der Waals surface area (Å²) in [5.74, 6) is -0.274. The molecule has 2 aromatic carbocycles. The SMILES string of the molecule is C[C@H]1CCC[C@H](C)N1S(=O)(=O)c1ccc(NC(=O)CCn2cnc3ccccc3c2=O)cc1. The molecular weight excluding hydrogens is 440 g/mol. The van der Waals surface area contributed by atoms with E-state index in [-0.39, 0.29) is 41.4 Å². The maximum Gasteiger partial charge on any atom is 0.261 e. The molecule has 8 nitrogen and oxygen atoms in total. The summed E-state index contributed by atoms with van der Waals surface area (Å²) in [6.07, 6.45) is 4.27. The third-order valence-electron chi connectivity index (χ3n) is 6.14. The van der Waals surface area contributed by atoms with Crippen molar-refractivity contribution in [1.29, 1.82) is 0 Å². The van der Waals surface area contributed by atoms with E-state index in [0.29, 0.717) is 16.6 Å². The smallest absolute Gasteiger partial charge is 0.261 e. The lowest BCUT2D eigenvalue weighted by Gasteiger charge is -2.37. The molecule has 3 aromatic rings. The fraction of sp³-hybridized carbons (Fsp3) is 0.375. The summed E-state index contributed by atoms with van der Waals surface area (Å²) < 4.78 is 29.3. The fourth-order valence-electron chi connectivity index (χ4n) is 4.41. The molecule has 0 saturated carbocycles. The first-order chi connectivity index (χ1) is 15.8. The van der Waals surface area contributed by atoms with E-state index in [0.717, 1.165) is 19.3 Å². The lowest BCUT2D eigenvalue weighted by atomic mass is 10.0. The Hall–Kier alpha value is -3.04. The minimum Gasteiger partial charge on any atom is -0.326 e. The summed E-state index contributed by atoms with van der Waals surface area (Å²) in [6, 6.07) is 13.2. The van der Waals surface area contributed by atoms with Crippen LogP contribution in [0.15, 0.2) is 64.5 Å². The number of carbonyl (C=O) groups is 1. The standard InChI is InChI=1S/C24H28N4O4S/c1-17-6-5-7-18(2)28(17)33(31,32)20-12-10-19(11-13-20)26-23(29)14-15-27-16-25-22-9-4-3-8-21(22)24(27)30/h3-4,8-13,16-18H,5-7,14-15H2,1-2H3,(H,26,29)/t17-,18-/m0/s1. The second-order valence-corrected chi connectivity index (χ2v) is 10.4. The van der Waals surface area contributed by atoms with Crippen LogP contribution in [0.4, 0.5) is 5.69 Å². The number of rotatable bonds is 6. The molecule has 33 heavy (non-hydrogen) atoms. The van der Waals surface area contributed by atoms with Crippen molar-refractivity contribution in [3.63, 3.8) is 0 Å². The Morgan fingerprint density at radius 3 is 2.42 bits per heavy atom. The van der Waals surface area contributed by atoms with Gasteiger partial charge >= 0.3 is 0 Å². The van der Waals surface area contributed by atoms with E-state index in [1.165, 1.54) is 23.0 Å². The lowest BCUT2D eigenvalue weighted by molar-refractivity contribution is -0.116. The minimum absolute atomic E-state index is 0.0360. The van der Waals surface area contributed by atoms with Crippen molar-refractivity contribution >= 4 is 32.5 Å². The van der Waals surface area contributed by atoms with Crippen LogP contribution in [0.25, 0.3) is 10.9 Å². The lowest BCUT2D eigenvalue weighted by Crippen LogP contribution is -2.47. The molecule has 2 atom stereocenters. The molecule has 0 bridgehead atoms. The number of piperidine rings is 1. The number of anilines is 1. The summed E-state index contributed by atoms with van der Waals surface area (Å²) in [6.45, 7) is 4.08. The second kappa shape index (κ2) is 9.44. The van der Waals surface area contributed by atoms with E-state index in [2.05, 4.69) is 10.3 Å². The maximum atomic E-state index is 13.1. The molecule has 4 rings (SSSR count). The van der Waals surface area contributed by atoms with Crippen molar-refractivity contribution in [2.45, 2.75) is 63.1 Å². The van der Waals surface area contributed by atoms with Crippen LogP contribution < -0.4 is 10.9 Å². The molecule has 1 aliphatic heterocycles. The van der Waals surface area contributed by atoms with Crippen LogP contribution in [0.3, 0.4) is 0 Å². The molecule has 1 N–H and O–H groups in total. The van der Waals surface area contributed by atoms with Gasteiger partial charge in [0.1, 0.15) is 0 Å². The number of benzene rings is 2. The van der Waals surface area contributed by atoms with Crippen molar-refractivity contribution in [3.8, 4) is 0 Å². The highest BCUT2D eigenvalue weighted by molar-refractivity contribution is 7.89. The normalized spacial score (nSPS) is 19.5. The van der Waals surface area contributed by atoms with Crippen LogP contribution in [0.1, 0.15) is 39.5 Å². The van der Waals surface area contributed by atoms with E-state index < -0.39 is 10.0 Å². The Labute approximate surface area is 193 Å². The van der Waals surface area contributed by atoms with Crippen LogP contribution in [-0.4, -0.2) is 40.3 Å². The minimum atomic E-state index is -3.60. The number of amides is 1. The van der Waals surface area contributed by atoms with Gasteiger partial charge in [0, 0.05) is 30.7 Å². The van der Waals surface area contributed by atoms with Gasteiger partial charge in [-0.05, 0) is 63.1 Å². The molecule has 0 radical (unpaired) electrons. The van der Waals surface area contributed by atoms with Crippen molar-refractivity contribution in [1.82, 2.24) is 13.9 Å². The number of carbonyl (C=O) groups excluding carboxylic acids is 1. The Morgan fingerprint density at radius 1 is 1.06 bits per heavy atom. The number of fused-ring (bicyclic) bond motifs is 1. The Balaban J connectivity index is 1.40. The number of hydrogen-bond acceptors (Lipinski definition) is 5. The molecule has 174 valence electrons. The highest BCUT2D eigenvalue weighted by atomic mass is 32.2. The number of sulfonamides is 1. The maximum absolute atomic E-state index is 13.1. The molecule has 1 fully saturated rings. The van der Waals surface area contributed by atoms with Crippen molar-refractivity contribution in [2.24, 2.45) is 0 Å². The summed E-state index contributed by atoms with van der Waals surface area (Å²) >= 11 is 0. The van der Waals surface area contributed by atoms with Gasteiger partial charge in [-0.3, -0.25) is 14.2 Å². The zero-order valence-corrected chi connectivity index (χ0v) is 19.6. The van der Waals surface area contributed by atoms with Crippen LogP contribution in [0.5, 0.6) is 0 Å². The highest BCUT2D eigenvalue weighted by Gasteiger charge is 2.35.